The first-order chi connectivity index (χ1) is 18.5. The van der Waals surface area contributed by atoms with Crippen LogP contribution in [0.5, 0.6) is 5.88 Å². The smallest absolute Gasteiger partial charge is 0.335 e. The minimum absolute atomic E-state index is 0.158. The molecule has 0 saturated carbocycles. The van der Waals surface area contributed by atoms with Crippen LogP contribution in [0.15, 0.2) is 41.5 Å². The van der Waals surface area contributed by atoms with Gasteiger partial charge >= 0.3 is 5.97 Å². The van der Waals surface area contributed by atoms with Crippen LogP contribution in [0.3, 0.4) is 0 Å². The molecule has 10 heteroatoms. The molecule has 3 aromatic rings. The number of carboxylic acid groups (broad SMARTS) is 1. The Morgan fingerprint density at radius 2 is 2.03 bits per heavy atom. The van der Waals surface area contributed by atoms with Crippen molar-refractivity contribution in [3.63, 3.8) is 0 Å². The molecule has 2 aromatic heterocycles. The van der Waals surface area contributed by atoms with Crippen molar-refractivity contribution in [3.8, 4) is 5.88 Å². The van der Waals surface area contributed by atoms with E-state index in [-0.39, 0.29) is 11.7 Å². The number of hydrogen-bond acceptors (Lipinski definition) is 7. The quantitative estimate of drug-likeness (QED) is 0.435. The van der Waals surface area contributed by atoms with Gasteiger partial charge in [-0.3, -0.25) is 4.90 Å². The summed E-state index contributed by atoms with van der Waals surface area (Å²) in [6.45, 7) is 4.55. The third kappa shape index (κ3) is 5.32. The van der Waals surface area contributed by atoms with Crippen molar-refractivity contribution in [2.24, 2.45) is 5.10 Å². The molecule has 1 aromatic carbocycles. The van der Waals surface area contributed by atoms with Crippen molar-refractivity contribution < 1.29 is 24.1 Å². The Balaban J connectivity index is 1.11. The lowest BCUT2D eigenvalue weighted by molar-refractivity contribution is -0.494. The van der Waals surface area contributed by atoms with E-state index in [9.17, 15) is 9.90 Å². The second-order valence-electron chi connectivity index (χ2n) is 10.3. The third-order valence-electron chi connectivity index (χ3n) is 7.65. The molecule has 1 N–H and O–H groups in total. The molecule has 10 nitrogen and oxygen atoms in total. The molecule has 0 unspecified atom stereocenters. The summed E-state index contributed by atoms with van der Waals surface area (Å²) in [5.41, 5.74) is 4.05. The molecule has 5 heterocycles. The Hall–Kier alpha value is -3.63. The van der Waals surface area contributed by atoms with Gasteiger partial charge in [-0.25, -0.2) is 14.8 Å². The van der Waals surface area contributed by atoms with E-state index in [1.54, 1.807) is 12.1 Å². The molecule has 0 aliphatic carbocycles. The molecule has 6 rings (SSSR count). The van der Waals surface area contributed by atoms with E-state index in [4.69, 9.17) is 19.4 Å². The zero-order chi connectivity index (χ0) is 26.1. The molecule has 3 aliphatic rings. The van der Waals surface area contributed by atoms with Gasteiger partial charge in [-0.15, -0.1) is 0 Å². The first kappa shape index (κ1) is 24.7. The Bertz CT molecular complexity index is 1400. The maximum Gasteiger partial charge on any atom is 0.335 e. The van der Waals surface area contributed by atoms with E-state index >= 15 is 0 Å². The van der Waals surface area contributed by atoms with E-state index in [1.807, 2.05) is 36.1 Å². The number of nitrogens with zero attached hydrogens (tertiary/aromatic N) is 6. The monoisotopic (exact) mass is 517 g/mol. The number of ether oxygens (including phenoxy) is 2. The number of likely N-dealkylation sites (tertiary alicyclic amines) is 1. The lowest BCUT2D eigenvalue weighted by Gasteiger charge is -2.32. The average molecular weight is 518 g/mol. The molecule has 0 bridgehead atoms. The van der Waals surface area contributed by atoms with Gasteiger partial charge in [-0.2, -0.15) is 0 Å². The van der Waals surface area contributed by atoms with Crippen LogP contribution in [0.1, 0.15) is 53.5 Å². The maximum absolute atomic E-state index is 11.6. The maximum atomic E-state index is 11.6. The number of benzene rings is 1. The van der Waals surface area contributed by atoms with Crippen LogP contribution in [0.2, 0.25) is 0 Å². The average Bonchev–Trinajstić information content (AvgIpc) is 3.47. The summed E-state index contributed by atoms with van der Waals surface area (Å²) in [7, 11) is 1.92. The number of aromatic nitrogens is 3. The Morgan fingerprint density at radius 3 is 2.74 bits per heavy atom. The molecule has 1 atom stereocenters. The predicted octanol–water partition coefficient (Wildman–Crippen LogP) is 3.15. The molecule has 38 heavy (non-hydrogen) atoms. The van der Waals surface area contributed by atoms with Crippen LogP contribution in [0.25, 0.3) is 11.0 Å². The lowest BCUT2D eigenvalue weighted by Crippen LogP contribution is -2.35. The van der Waals surface area contributed by atoms with Crippen molar-refractivity contribution in [2.75, 3.05) is 33.4 Å². The molecule has 198 valence electrons. The number of piperidine rings is 1. The van der Waals surface area contributed by atoms with E-state index < -0.39 is 5.97 Å². The second-order valence-corrected chi connectivity index (χ2v) is 10.3. The minimum Gasteiger partial charge on any atom is -0.478 e. The van der Waals surface area contributed by atoms with Crippen molar-refractivity contribution >= 4 is 28.9 Å². The normalized spacial score (nSPS) is 20.3. The van der Waals surface area contributed by atoms with Gasteiger partial charge < -0.3 is 19.1 Å². The number of hydrogen-bond donors (Lipinski definition) is 1. The first-order valence-corrected chi connectivity index (χ1v) is 13.3. The van der Waals surface area contributed by atoms with Gasteiger partial charge in [0.05, 0.1) is 42.2 Å². The molecule has 2 saturated heterocycles. The zero-order valence-electron chi connectivity index (χ0n) is 21.6. The van der Waals surface area contributed by atoms with Gasteiger partial charge in [-0.1, -0.05) is 10.8 Å². The molecule has 0 radical (unpaired) electrons. The summed E-state index contributed by atoms with van der Waals surface area (Å²) in [6.07, 6.45) is 6.04. The Morgan fingerprint density at radius 1 is 1.18 bits per heavy atom. The SMILES string of the molecule is C[N+]1=CCC(COc2cccc(C3CCN(Cc4nc5ccc(C(=O)O)cc5n4C[C@@H]4CCO4)CC3)n2)=N1. The number of rotatable bonds is 9. The topological polar surface area (TPSA) is 105 Å². The number of pyridine rings is 1. The van der Waals surface area contributed by atoms with Crippen molar-refractivity contribution in [3.05, 3.63) is 53.5 Å². The van der Waals surface area contributed by atoms with Crippen LogP contribution in [-0.2, 0) is 17.8 Å². The summed E-state index contributed by atoms with van der Waals surface area (Å²) in [6, 6.07) is 11.2. The molecule has 0 spiro atoms. The fourth-order valence-electron chi connectivity index (χ4n) is 5.37. The molecule has 0 amide bonds. The number of carbonyl (C=O) groups is 1. The summed E-state index contributed by atoms with van der Waals surface area (Å²) in [5, 5.41) is 13.9. The highest BCUT2D eigenvalue weighted by atomic mass is 16.5. The van der Waals surface area contributed by atoms with Crippen LogP contribution in [-0.4, -0.2) is 86.6 Å². The van der Waals surface area contributed by atoms with Crippen LogP contribution >= 0.6 is 0 Å². The highest BCUT2D eigenvalue weighted by molar-refractivity contribution is 5.96. The standard InChI is InChI=1S/C28H32N6O4/c1-32-11-9-21(31-32)18-38-27-4-2-3-23(30-27)19-7-12-33(13-8-19)17-26-29-24-6-5-20(28(35)36)15-25(24)34(26)16-22-10-14-37-22/h2-6,11,15,19,22H,7-10,12-14,16-18H2,1H3/p+1/t22-/m0/s1. The summed E-state index contributed by atoms with van der Waals surface area (Å²) in [4.78, 5) is 23.7. The van der Waals surface area contributed by atoms with E-state index in [0.717, 1.165) is 80.2 Å². The van der Waals surface area contributed by atoms with E-state index in [2.05, 4.69) is 20.6 Å². The summed E-state index contributed by atoms with van der Waals surface area (Å²) in [5.74, 6) is 1.07. The fourth-order valence-corrected chi connectivity index (χ4v) is 5.37. The second kappa shape index (κ2) is 10.6. The van der Waals surface area contributed by atoms with Crippen LogP contribution in [0.4, 0.5) is 0 Å². The minimum atomic E-state index is -0.926. The molecular weight excluding hydrogens is 484 g/mol. The number of carboxylic acids is 1. The predicted molar refractivity (Wildman–Crippen MR) is 142 cm³/mol. The van der Waals surface area contributed by atoms with Gasteiger partial charge in [0.15, 0.2) is 13.3 Å². The van der Waals surface area contributed by atoms with Gasteiger partial charge in [0.25, 0.3) is 0 Å². The van der Waals surface area contributed by atoms with Crippen molar-refractivity contribution in [2.45, 2.75) is 50.8 Å². The van der Waals surface area contributed by atoms with Gasteiger partial charge in [0.2, 0.25) is 5.88 Å². The summed E-state index contributed by atoms with van der Waals surface area (Å²) < 4.78 is 15.6. The van der Waals surface area contributed by atoms with Crippen molar-refractivity contribution in [1.29, 1.82) is 0 Å². The highest BCUT2D eigenvalue weighted by Crippen LogP contribution is 2.29. The van der Waals surface area contributed by atoms with Gasteiger partial charge in [0, 0.05) is 24.3 Å². The highest BCUT2D eigenvalue weighted by Gasteiger charge is 2.26. The zero-order valence-corrected chi connectivity index (χ0v) is 21.6. The molecule has 3 aliphatic heterocycles. The number of fused-ring (bicyclic) bond motifs is 1. The van der Waals surface area contributed by atoms with Crippen molar-refractivity contribution in [1.82, 2.24) is 19.4 Å². The molecular formula is C28H33N6O4+. The van der Waals surface area contributed by atoms with Crippen LogP contribution < -0.4 is 4.74 Å². The third-order valence-corrected chi connectivity index (χ3v) is 7.65. The van der Waals surface area contributed by atoms with E-state index in [0.29, 0.717) is 24.9 Å². The first-order valence-electron chi connectivity index (χ1n) is 13.3. The Kier molecular flexibility index (Phi) is 6.90. The van der Waals surface area contributed by atoms with Gasteiger partial charge in [0.1, 0.15) is 18.1 Å². The van der Waals surface area contributed by atoms with Crippen LogP contribution in [0, 0.1) is 0 Å². The fraction of sp³-hybridized carbons (Fsp3) is 0.464. The van der Waals surface area contributed by atoms with E-state index in [1.165, 1.54) is 0 Å². The lowest BCUT2D eigenvalue weighted by atomic mass is 9.93. The number of aromatic carboxylic acids is 1. The largest absolute Gasteiger partial charge is 0.478 e. The molecule has 2 fully saturated rings. The number of hydrazone groups is 1. The number of imidazole rings is 1. The summed E-state index contributed by atoms with van der Waals surface area (Å²) >= 11 is 0. The Labute approximate surface area is 221 Å². The van der Waals surface area contributed by atoms with Gasteiger partial charge in [-0.05, 0) is 61.7 Å².